The van der Waals surface area contributed by atoms with Gasteiger partial charge >= 0.3 is 0 Å². The lowest BCUT2D eigenvalue weighted by atomic mass is 10.5. The van der Waals surface area contributed by atoms with Gasteiger partial charge in [0.25, 0.3) is 5.91 Å². The predicted octanol–water partition coefficient (Wildman–Crippen LogP) is -0.329. The van der Waals surface area contributed by atoms with Gasteiger partial charge in [0.1, 0.15) is 4.99 Å². The molecule has 54 valence electrons. The minimum Gasteiger partial charge on any atom is -0.329 e. The van der Waals surface area contributed by atoms with Gasteiger partial charge in [-0.05, 0) is 6.08 Å². The molecule has 0 aromatic rings. The van der Waals surface area contributed by atoms with E-state index in [0.29, 0.717) is 18.1 Å². The number of thiocarbonyl (C=S) groups is 1. The zero-order valence-electron chi connectivity index (χ0n) is 5.41. The fourth-order valence-electron chi connectivity index (χ4n) is 0.781. The van der Waals surface area contributed by atoms with E-state index in [1.165, 1.54) is 11.0 Å². The largest absolute Gasteiger partial charge is 0.329 e. The van der Waals surface area contributed by atoms with Gasteiger partial charge in [-0.15, -0.1) is 0 Å². The van der Waals surface area contributed by atoms with E-state index in [2.05, 4.69) is 0 Å². The molecule has 1 aliphatic rings. The zero-order valence-corrected chi connectivity index (χ0v) is 6.23. The Hall–Kier alpha value is -0.740. The van der Waals surface area contributed by atoms with Crippen LogP contribution in [0.5, 0.6) is 0 Å². The van der Waals surface area contributed by atoms with E-state index in [0.717, 1.165) is 0 Å². The highest BCUT2D eigenvalue weighted by molar-refractivity contribution is 7.80. The summed E-state index contributed by atoms with van der Waals surface area (Å²) in [5, 5.41) is 0. The maximum absolute atomic E-state index is 10.9. The molecule has 0 fully saturated rings. The van der Waals surface area contributed by atoms with Crippen LogP contribution in [0.4, 0.5) is 0 Å². The average molecular weight is 156 g/mol. The van der Waals surface area contributed by atoms with Crippen molar-refractivity contribution in [2.45, 2.75) is 0 Å². The van der Waals surface area contributed by atoms with Gasteiger partial charge in [-0.3, -0.25) is 9.69 Å². The Labute approximate surface area is 64.5 Å². The van der Waals surface area contributed by atoms with E-state index in [9.17, 15) is 4.79 Å². The number of amides is 1. The molecule has 0 aliphatic carbocycles. The second-order valence-corrected chi connectivity index (χ2v) is 2.37. The van der Waals surface area contributed by atoms with Crippen LogP contribution in [-0.2, 0) is 4.79 Å². The lowest BCUT2D eigenvalue weighted by Crippen LogP contribution is -2.33. The van der Waals surface area contributed by atoms with Crippen molar-refractivity contribution in [2.24, 2.45) is 5.73 Å². The second kappa shape index (κ2) is 2.90. The first kappa shape index (κ1) is 7.37. The molecule has 0 saturated carbocycles. The summed E-state index contributed by atoms with van der Waals surface area (Å²) < 4.78 is 0. The van der Waals surface area contributed by atoms with Crippen LogP contribution in [0, 0.1) is 0 Å². The van der Waals surface area contributed by atoms with Crippen molar-refractivity contribution < 1.29 is 4.79 Å². The van der Waals surface area contributed by atoms with E-state index < -0.39 is 0 Å². The maximum Gasteiger partial charge on any atom is 0.251 e. The molecule has 0 bridgehead atoms. The highest BCUT2D eigenvalue weighted by Crippen LogP contribution is 2.03. The summed E-state index contributed by atoms with van der Waals surface area (Å²) >= 11 is 4.85. The number of nitrogens with zero attached hydrogens (tertiary/aromatic N) is 1. The van der Waals surface area contributed by atoms with E-state index >= 15 is 0 Å². The first-order valence-electron chi connectivity index (χ1n) is 2.99. The highest BCUT2D eigenvalue weighted by Gasteiger charge is 2.18. The lowest BCUT2D eigenvalue weighted by molar-refractivity contribution is -0.121. The molecule has 0 unspecified atom stereocenters. The van der Waals surface area contributed by atoms with Crippen LogP contribution < -0.4 is 5.73 Å². The third kappa shape index (κ3) is 1.22. The standard InChI is InChI=1S/C6H8N2OS/c7-3-4-8-5(9)1-2-6(8)10/h1-2H,3-4,7H2. The Morgan fingerprint density at radius 2 is 2.30 bits per heavy atom. The Balaban J connectivity index is 2.60. The fraction of sp³-hybridized carbons (Fsp3) is 0.333. The van der Waals surface area contributed by atoms with Gasteiger partial charge in [0, 0.05) is 19.2 Å². The Bertz CT molecular complexity index is 182. The molecule has 3 nitrogen and oxygen atoms in total. The van der Waals surface area contributed by atoms with Gasteiger partial charge in [-0.2, -0.15) is 0 Å². The van der Waals surface area contributed by atoms with Gasteiger partial charge in [0.05, 0.1) is 0 Å². The van der Waals surface area contributed by atoms with Crippen molar-refractivity contribution in [3.63, 3.8) is 0 Å². The molecular weight excluding hydrogens is 148 g/mol. The predicted molar refractivity (Wildman–Crippen MR) is 42.5 cm³/mol. The molecule has 1 heterocycles. The van der Waals surface area contributed by atoms with Gasteiger partial charge in [0.2, 0.25) is 0 Å². The summed E-state index contributed by atoms with van der Waals surface area (Å²) in [7, 11) is 0. The van der Waals surface area contributed by atoms with E-state index in [1.54, 1.807) is 6.08 Å². The minimum atomic E-state index is -0.0598. The summed E-state index contributed by atoms with van der Waals surface area (Å²) in [6, 6.07) is 0. The van der Waals surface area contributed by atoms with Crippen LogP contribution >= 0.6 is 12.2 Å². The van der Waals surface area contributed by atoms with Crippen molar-refractivity contribution in [1.29, 1.82) is 0 Å². The summed E-state index contributed by atoms with van der Waals surface area (Å²) in [6.45, 7) is 0.970. The summed E-state index contributed by atoms with van der Waals surface area (Å²) in [5.41, 5.74) is 5.25. The Kier molecular flexibility index (Phi) is 2.13. The van der Waals surface area contributed by atoms with Crippen molar-refractivity contribution >= 4 is 23.1 Å². The molecule has 4 heteroatoms. The lowest BCUT2D eigenvalue weighted by Gasteiger charge is -2.13. The number of hydrogen-bond acceptors (Lipinski definition) is 3. The quantitative estimate of drug-likeness (QED) is 0.557. The smallest absolute Gasteiger partial charge is 0.251 e. The first-order valence-corrected chi connectivity index (χ1v) is 3.40. The van der Waals surface area contributed by atoms with E-state index in [-0.39, 0.29) is 5.91 Å². The number of nitrogens with two attached hydrogens (primary N) is 1. The zero-order chi connectivity index (χ0) is 7.56. The molecule has 0 aromatic carbocycles. The van der Waals surface area contributed by atoms with Gasteiger partial charge in [0.15, 0.2) is 0 Å². The summed E-state index contributed by atoms with van der Waals surface area (Å²) in [4.78, 5) is 12.9. The molecule has 0 spiro atoms. The molecule has 1 aliphatic heterocycles. The third-order valence-electron chi connectivity index (χ3n) is 1.25. The van der Waals surface area contributed by atoms with Crippen molar-refractivity contribution in [3.05, 3.63) is 12.2 Å². The van der Waals surface area contributed by atoms with Gasteiger partial charge < -0.3 is 5.73 Å². The summed E-state index contributed by atoms with van der Waals surface area (Å²) in [6.07, 6.45) is 3.07. The molecule has 1 rings (SSSR count). The fourth-order valence-corrected chi connectivity index (χ4v) is 1.03. The topological polar surface area (TPSA) is 46.3 Å². The molecule has 10 heavy (non-hydrogen) atoms. The van der Waals surface area contributed by atoms with Crippen LogP contribution in [0.15, 0.2) is 12.2 Å². The number of hydrogen-bond donors (Lipinski definition) is 1. The SMILES string of the molecule is NCCN1C(=O)C=CC1=S. The van der Waals surface area contributed by atoms with Crippen LogP contribution in [0.3, 0.4) is 0 Å². The number of rotatable bonds is 2. The van der Waals surface area contributed by atoms with Crippen molar-refractivity contribution in [2.75, 3.05) is 13.1 Å². The molecule has 1 amide bonds. The highest BCUT2D eigenvalue weighted by atomic mass is 32.1. The molecule has 0 saturated heterocycles. The van der Waals surface area contributed by atoms with Crippen molar-refractivity contribution in [3.8, 4) is 0 Å². The average Bonchev–Trinajstić information content (AvgIpc) is 2.20. The van der Waals surface area contributed by atoms with Gasteiger partial charge in [-0.25, -0.2) is 0 Å². The molecule has 0 aromatic heterocycles. The van der Waals surface area contributed by atoms with E-state index in [4.69, 9.17) is 18.0 Å². The summed E-state index contributed by atoms with van der Waals surface area (Å²) in [5.74, 6) is -0.0598. The molecule has 2 N–H and O–H groups in total. The second-order valence-electron chi connectivity index (χ2n) is 1.95. The maximum atomic E-state index is 10.9. The molecule has 0 atom stereocenters. The minimum absolute atomic E-state index is 0.0598. The van der Waals surface area contributed by atoms with Crippen LogP contribution in [-0.4, -0.2) is 28.9 Å². The van der Waals surface area contributed by atoms with E-state index in [1.807, 2.05) is 0 Å². The van der Waals surface area contributed by atoms with Crippen molar-refractivity contribution in [1.82, 2.24) is 4.90 Å². The molecular formula is C6H8N2OS. The van der Waals surface area contributed by atoms with Crippen LogP contribution in [0.1, 0.15) is 0 Å². The van der Waals surface area contributed by atoms with Gasteiger partial charge in [-0.1, -0.05) is 12.2 Å². The number of carbonyl (C=O) groups is 1. The van der Waals surface area contributed by atoms with Crippen LogP contribution in [0.25, 0.3) is 0 Å². The first-order chi connectivity index (χ1) is 4.75. The third-order valence-corrected chi connectivity index (χ3v) is 1.61. The monoisotopic (exact) mass is 156 g/mol. The normalized spacial score (nSPS) is 17.1. The van der Waals surface area contributed by atoms with Crippen LogP contribution in [0.2, 0.25) is 0 Å². The Morgan fingerprint density at radius 1 is 1.60 bits per heavy atom. The number of carbonyl (C=O) groups excluding carboxylic acids is 1. The molecule has 0 radical (unpaired) electrons. The Morgan fingerprint density at radius 3 is 2.70 bits per heavy atom.